The minimum Gasteiger partial charge on any atom is -0.370 e. The standard InChI is InChI=1S/C17H27N5O2/c1-14-9-18-16(19-10-14)22-7-8-24-17(13-22)5-4-6-21(12-17)11-15(23)20(2)3/h9-10H,4-8,11-13H2,1-3H3. The Morgan fingerprint density at radius 1 is 1.29 bits per heavy atom. The number of likely N-dealkylation sites (tertiary alicyclic amines) is 1. The third-order valence-corrected chi connectivity index (χ3v) is 4.77. The number of aromatic nitrogens is 2. The maximum atomic E-state index is 12.0. The van der Waals surface area contributed by atoms with Crippen molar-refractivity contribution in [3.63, 3.8) is 0 Å². The third-order valence-electron chi connectivity index (χ3n) is 4.77. The monoisotopic (exact) mass is 333 g/mol. The van der Waals surface area contributed by atoms with Gasteiger partial charge in [-0.2, -0.15) is 0 Å². The number of amides is 1. The van der Waals surface area contributed by atoms with E-state index >= 15 is 0 Å². The van der Waals surface area contributed by atoms with Crippen molar-refractivity contribution < 1.29 is 9.53 Å². The zero-order valence-corrected chi connectivity index (χ0v) is 14.9. The number of likely N-dealkylation sites (N-methyl/N-ethyl adjacent to an activating group) is 1. The van der Waals surface area contributed by atoms with E-state index in [1.54, 1.807) is 19.0 Å². The first-order valence-corrected chi connectivity index (χ1v) is 8.57. The first kappa shape index (κ1) is 17.1. The van der Waals surface area contributed by atoms with Crippen LogP contribution in [0.5, 0.6) is 0 Å². The second-order valence-electron chi connectivity index (χ2n) is 7.12. The van der Waals surface area contributed by atoms with Crippen LogP contribution in [0.4, 0.5) is 5.95 Å². The molecule has 2 fully saturated rings. The van der Waals surface area contributed by atoms with Crippen LogP contribution in [0.25, 0.3) is 0 Å². The lowest BCUT2D eigenvalue weighted by atomic mass is 9.90. The topological polar surface area (TPSA) is 61.8 Å². The summed E-state index contributed by atoms with van der Waals surface area (Å²) in [6.07, 6.45) is 5.77. The average Bonchev–Trinajstić information content (AvgIpc) is 2.55. The minimum absolute atomic E-state index is 0.140. The van der Waals surface area contributed by atoms with Gasteiger partial charge in [-0.1, -0.05) is 0 Å². The molecule has 3 heterocycles. The van der Waals surface area contributed by atoms with Crippen molar-refractivity contribution in [3.05, 3.63) is 18.0 Å². The van der Waals surface area contributed by atoms with Crippen LogP contribution < -0.4 is 4.90 Å². The fourth-order valence-corrected chi connectivity index (χ4v) is 3.47. The summed E-state index contributed by atoms with van der Waals surface area (Å²) in [4.78, 5) is 27.0. The van der Waals surface area contributed by atoms with Gasteiger partial charge in [0, 0.05) is 39.6 Å². The number of hydrogen-bond acceptors (Lipinski definition) is 6. The molecule has 0 N–H and O–H groups in total. The van der Waals surface area contributed by atoms with E-state index < -0.39 is 0 Å². The molecule has 132 valence electrons. The second kappa shape index (κ2) is 7.03. The highest BCUT2D eigenvalue weighted by molar-refractivity contribution is 5.77. The first-order chi connectivity index (χ1) is 11.5. The maximum absolute atomic E-state index is 12.0. The van der Waals surface area contributed by atoms with Gasteiger partial charge in [0.05, 0.1) is 25.3 Å². The van der Waals surface area contributed by atoms with Crippen molar-refractivity contribution in [2.24, 2.45) is 0 Å². The van der Waals surface area contributed by atoms with Crippen molar-refractivity contribution in [3.8, 4) is 0 Å². The molecule has 1 amide bonds. The van der Waals surface area contributed by atoms with E-state index in [4.69, 9.17) is 4.74 Å². The van der Waals surface area contributed by atoms with Gasteiger partial charge in [-0.15, -0.1) is 0 Å². The first-order valence-electron chi connectivity index (χ1n) is 8.57. The van der Waals surface area contributed by atoms with Crippen molar-refractivity contribution >= 4 is 11.9 Å². The summed E-state index contributed by atoms with van der Waals surface area (Å²) < 4.78 is 6.19. The highest BCUT2D eigenvalue weighted by atomic mass is 16.5. The summed E-state index contributed by atoms with van der Waals surface area (Å²) in [5.41, 5.74) is 0.838. The number of carbonyl (C=O) groups is 1. The van der Waals surface area contributed by atoms with Crippen LogP contribution in [0.1, 0.15) is 18.4 Å². The number of nitrogens with zero attached hydrogens (tertiary/aromatic N) is 5. The van der Waals surface area contributed by atoms with Crippen LogP contribution in [0, 0.1) is 6.92 Å². The van der Waals surface area contributed by atoms with Gasteiger partial charge in [0.15, 0.2) is 0 Å². The van der Waals surface area contributed by atoms with Crippen molar-refractivity contribution in [2.75, 3.05) is 58.3 Å². The number of piperidine rings is 1. The molecular formula is C17H27N5O2. The van der Waals surface area contributed by atoms with E-state index in [-0.39, 0.29) is 11.5 Å². The van der Waals surface area contributed by atoms with Gasteiger partial charge in [-0.25, -0.2) is 9.97 Å². The van der Waals surface area contributed by atoms with Crippen LogP contribution in [-0.4, -0.2) is 84.7 Å². The van der Waals surface area contributed by atoms with E-state index in [0.717, 1.165) is 50.5 Å². The number of ether oxygens (including phenoxy) is 1. The lowest BCUT2D eigenvalue weighted by Gasteiger charge is -2.48. The highest BCUT2D eigenvalue weighted by Crippen LogP contribution is 2.30. The molecule has 1 aromatic heterocycles. The summed E-state index contributed by atoms with van der Waals surface area (Å²) in [6.45, 7) is 6.45. The Balaban J connectivity index is 1.67. The molecule has 2 aliphatic heterocycles. The quantitative estimate of drug-likeness (QED) is 0.805. The molecule has 2 saturated heterocycles. The molecule has 1 spiro atoms. The number of aryl methyl sites for hydroxylation is 1. The van der Waals surface area contributed by atoms with Gasteiger partial charge in [-0.3, -0.25) is 9.69 Å². The van der Waals surface area contributed by atoms with E-state index in [9.17, 15) is 4.79 Å². The van der Waals surface area contributed by atoms with Crippen molar-refractivity contribution in [2.45, 2.75) is 25.4 Å². The Labute approximate surface area is 143 Å². The van der Waals surface area contributed by atoms with Gasteiger partial charge >= 0.3 is 0 Å². The number of hydrogen-bond donors (Lipinski definition) is 0. The van der Waals surface area contributed by atoms with Crippen molar-refractivity contribution in [1.82, 2.24) is 19.8 Å². The molecule has 1 aromatic rings. The predicted molar refractivity (Wildman–Crippen MR) is 92.0 cm³/mol. The van der Waals surface area contributed by atoms with Crippen LogP contribution >= 0.6 is 0 Å². The molecule has 0 bridgehead atoms. The molecule has 7 nitrogen and oxygen atoms in total. The Kier molecular flexibility index (Phi) is 5.01. The second-order valence-corrected chi connectivity index (χ2v) is 7.12. The molecule has 0 aliphatic carbocycles. The van der Waals surface area contributed by atoms with E-state index in [0.29, 0.717) is 13.2 Å². The summed E-state index contributed by atoms with van der Waals surface area (Å²) in [5.74, 6) is 0.909. The zero-order valence-electron chi connectivity index (χ0n) is 14.9. The summed E-state index contributed by atoms with van der Waals surface area (Å²) >= 11 is 0. The molecular weight excluding hydrogens is 306 g/mol. The lowest BCUT2D eigenvalue weighted by molar-refractivity contribution is -0.134. The third kappa shape index (κ3) is 3.84. The van der Waals surface area contributed by atoms with Crippen LogP contribution in [0.3, 0.4) is 0 Å². The summed E-state index contributed by atoms with van der Waals surface area (Å²) in [6, 6.07) is 0. The Morgan fingerprint density at radius 2 is 2.04 bits per heavy atom. The van der Waals surface area contributed by atoms with Crippen LogP contribution in [0.15, 0.2) is 12.4 Å². The molecule has 3 rings (SSSR count). The van der Waals surface area contributed by atoms with E-state index in [2.05, 4.69) is 19.8 Å². The Morgan fingerprint density at radius 3 is 2.75 bits per heavy atom. The molecule has 0 radical (unpaired) electrons. The summed E-state index contributed by atoms with van der Waals surface area (Å²) in [5, 5.41) is 0. The lowest BCUT2D eigenvalue weighted by Crippen LogP contribution is -2.60. The predicted octanol–water partition coefficient (Wildman–Crippen LogP) is 0.544. The molecule has 0 aromatic carbocycles. The molecule has 1 unspecified atom stereocenters. The van der Waals surface area contributed by atoms with E-state index in [1.165, 1.54) is 0 Å². The number of anilines is 1. The Bertz CT molecular complexity index is 573. The van der Waals surface area contributed by atoms with Gasteiger partial charge in [-0.05, 0) is 31.9 Å². The van der Waals surface area contributed by atoms with Gasteiger partial charge in [0.1, 0.15) is 0 Å². The van der Waals surface area contributed by atoms with Crippen LogP contribution in [0.2, 0.25) is 0 Å². The number of rotatable bonds is 3. The van der Waals surface area contributed by atoms with Gasteiger partial charge < -0.3 is 14.5 Å². The van der Waals surface area contributed by atoms with Crippen molar-refractivity contribution in [1.29, 1.82) is 0 Å². The Hall–Kier alpha value is -1.73. The minimum atomic E-state index is -0.225. The normalized spacial score (nSPS) is 25.0. The van der Waals surface area contributed by atoms with Crippen LogP contribution in [-0.2, 0) is 9.53 Å². The molecule has 24 heavy (non-hydrogen) atoms. The SMILES string of the molecule is Cc1cnc(N2CCOC3(CCCN(CC(=O)N(C)C)C3)C2)nc1. The molecule has 0 saturated carbocycles. The fraction of sp³-hybridized carbons (Fsp3) is 0.706. The maximum Gasteiger partial charge on any atom is 0.236 e. The molecule has 7 heteroatoms. The van der Waals surface area contributed by atoms with Gasteiger partial charge in [0.2, 0.25) is 11.9 Å². The number of morpholine rings is 1. The zero-order chi connectivity index (χ0) is 17.2. The van der Waals surface area contributed by atoms with E-state index in [1.807, 2.05) is 19.3 Å². The van der Waals surface area contributed by atoms with Gasteiger partial charge in [0.25, 0.3) is 0 Å². The largest absolute Gasteiger partial charge is 0.370 e. The fourth-order valence-electron chi connectivity index (χ4n) is 3.47. The average molecular weight is 333 g/mol. The highest BCUT2D eigenvalue weighted by Gasteiger charge is 2.41. The summed E-state index contributed by atoms with van der Waals surface area (Å²) in [7, 11) is 3.60. The smallest absolute Gasteiger partial charge is 0.236 e. The number of carbonyl (C=O) groups excluding carboxylic acids is 1. The molecule has 2 aliphatic rings. The molecule has 1 atom stereocenters.